The summed E-state index contributed by atoms with van der Waals surface area (Å²) in [6.07, 6.45) is 0.0856. The highest BCUT2D eigenvalue weighted by Gasteiger charge is 2.56. The standard InChI is InChI=1S/C35H32N2O5/c1-24(39)37-23-30-11-6-5-10-29(30)22-35(34(37)40)32(27-14-12-26(13-15-27)25-8-3-2-4-9-25)42-33(36-35)28-16-18-31(19-17-28)41-21-7-20-38/h2-6,8-19,32,38H,7,20-23H2,1H3/t32-,35-/m1/s1. The summed E-state index contributed by atoms with van der Waals surface area (Å²) in [4.78, 5) is 33.6. The summed E-state index contributed by atoms with van der Waals surface area (Å²) < 4.78 is 12.3. The summed E-state index contributed by atoms with van der Waals surface area (Å²) in [7, 11) is 0. The molecule has 0 radical (unpaired) electrons. The van der Waals surface area contributed by atoms with Crippen molar-refractivity contribution in [2.24, 2.45) is 4.99 Å². The first-order valence-electron chi connectivity index (χ1n) is 14.1. The van der Waals surface area contributed by atoms with E-state index in [1.165, 1.54) is 11.8 Å². The quantitative estimate of drug-likeness (QED) is 0.302. The minimum atomic E-state index is -1.38. The summed E-state index contributed by atoms with van der Waals surface area (Å²) in [6.45, 7) is 2.08. The van der Waals surface area contributed by atoms with Crippen molar-refractivity contribution in [1.29, 1.82) is 0 Å². The van der Waals surface area contributed by atoms with E-state index in [4.69, 9.17) is 19.6 Å². The number of hydrogen-bond donors (Lipinski definition) is 1. The fourth-order valence-corrected chi connectivity index (χ4v) is 5.65. The number of carbonyl (C=O) groups is 2. The second-order valence-corrected chi connectivity index (χ2v) is 10.6. The second-order valence-electron chi connectivity index (χ2n) is 10.6. The van der Waals surface area contributed by atoms with Crippen LogP contribution < -0.4 is 4.74 Å². The van der Waals surface area contributed by atoms with E-state index in [2.05, 4.69) is 12.1 Å². The number of benzene rings is 4. The molecular formula is C35H32N2O5. The number of aliphatic hydroxyl groups is 1. The highest BCUT2D eigenvalue weighted by molar-refractivity contribution is 6.05. The maximum Gasteiger partial charge on any atom is 0.262 e. The Kier molecular flexibility index (Phi) is 7.59. The smallest absolute Gasteiger partial charge is 0.262 e. The lowest BCUT2D eigenvalue weighted by molar-refractivity contribution is -0.149. The third-order valence-electron chi connectivity index (χ3n) is 7.86. The van der Waals surface area contributed by atoms with Gasteiger partial charge in [-0.15, -0.1) is 0 Å². The lowest BCUT2D eigenvalue weighted by Crippen LogP contribution is -2.51. The number of nitrogens with zero attached hydrogens (tertiary/aromatic N) is 2. The Morgan fingerprint density at radius 3 is 2.24 bits per heavy atom. The molecule has 4 aromatic carbocycles. The third kappa shape index (κ3) is 5.19. The van der Waals surface area contributed by atoms with Crippen LogP contribution in [0, 0.1) is 0 Å². The van der Waals surface area contributed by atoms with Crippen LogP contribution in [0.1, 0.15) is 41.7 Å². The van der Waals surface area contributed by atoms with Crippen LogP contribution in [0.2, 0.25) is 0 Å². The second kappa shape index (κ2) is 11.6. The van der Waals surface area contributed by atoms with Crippen LogP contribution in [0.25, 0.3) is 11.1 Å². The molecule has 2 amide bonds. The van der Waals surface area contributed by atoms with Gasteiger partial charge in [0.2, 0.25) is 11.8 Å². The van der Waals surface area contributed by atoms with Crippen molar-refractivity contribution >= 4 is 17.7 Å². The number of fused-ring (bicyclic) bond motifs is 1. The number of carbonyl (C=O) groups excluding carboxylic acids is 2. The molecule has 0 aromatic heterocycles. The van der Waals surface area contributed by atoms with Gasteiger partial charge < -0.3 is 14.6 Å². The normalized spacial score (nSPS) is 19.6. The Bertz CT molecular complexity index is 1620. The Morgan fingerprint density at radius 2 is 1.55 bits per heavy atom. The Hall–Kier alpha value is -4.75. The molecule has 7 nitrogen and oxygen atoms in total. The van der Waals surface area contributed by atoms with Crippen molar-refractivity contribution in [3.05, 3.63) is 125 Å². The van der Waals surface area contributed by atoms with Crippen LogP contribution in [-0.4, -0.2) is 46.5 Å². The molecule has 0 fully saturated rings. The van der Waals surface area contributed by atoms with Crippen LogP contribution >= 0.6 is 0 Å². The van der Waals surface area contributed by atoms with E-state index < -0.39 is 11.6 Å². The third-order valence-corrected chi connectivity index (χ3v) is 7.86. The van der Waals surface area contributed by atoms with E-state index in [0.29, 0.717) is 36.7 Å². The van der Waals surface area contributed by atoms with Crippen molar-refractivity contribution in [1.82, 2.24) is 4.90 Å². The first-order chi connectivity index (χ1) is 20.5. The van der Waals surface area contributed by atoms with Crippen LogP contribution in [0.4, 0.5) is 0 Å². The van der Waals surface area contributed by atoms with Crippen LogP contribution in [0.15, 0.2) is 108 Å². The van der Waals surface area contributed by atoms with Crippen molar-refractivity contribution in [3.8, 4) is 16.9 Å². The topological polar surface area (TPSA) is 88.4 Å². The molecular weight excluding hydrogens is 528 g/mol. The van der Waals surface area contributed by atoms with Gasteiger partial charge in [0, 0.05) is 31.9 Å². The number of amides is 2. The molecule has 2 atom stereocenters. The average Bonchev–Trinajstić information content (AvgIpc) is 3.35. The van der Waals surface area contributed by atoms with Gasteiger partial charge in [0.25, 0.3) is 5.91 Å². The first kappa shape index (κ1) is 27.4. The van der Waals surface area contributed by atoms with Gasteiger partial charge >= 0.3 is 0 Å². The number of hydrogen-bond acceptors (Lipinski definition) is 6. The highest BCUT2D eigenvalue weighted by atomic mass is 16.5. The number of imide groups is 1. The Balaban J connectivity index is 1.43. The fourth-order valence-electron chi connectivity index (χ4n) is 5.65. The summed E-state index contributed by atoms with van der Waals surface area (Å²) in [5, 5.41) is 9.04. The average molecular weight is 561 g/mol. The number of rotatable bonds is 7. The Labute approximate surface area is 245 Å². The minimum absolute atomic E-state index is 0.0625. The van der Waals surface area contributed by atoms with Gasteiger partial charge in [-0.3, -0.25) is 14.5 Å². The minimum Gasteiger partial charge on any atom is -0.494 e. The molecule has 6 rings (SSSR count). The lowest BCUT2D eigenvalue weighted by Gasteiger charge is -2.32. The summed E-state index contributed by atoms with van der Waals surface area (Å²) in [5.41, 5.74) is 4.14. The molecule has 42 heavy (non-hydrogen) atoms. The fraction of sp³-hybridized carbons (Fsp3) is 0.229. The Morgan fingerprint density at radius 1 is 0.905 bits per heavy atom. The van der Waals surface area contributed by atoms with Crippen LogP contribution in [0.3, 0.4) is 0 Å². The van der Waals surface area contributed by atoms with Gasteiger partial charge in [0.15, 0.2) is 11.6 Å². The largest absolute Gasteiger partial charge is 0.494 e. The van der Waals surface area contributed by atoms with Crippen molar-refractivity contribution in [2.75, 3.05) is 13.2 Å². The molecule has 0 unspecified atom stereocenters. The molecule has 0 saturated carbocycles. The van der Waals surface area contributed by atoms with Gasteiger partial charge in [-0.05, 0) is 52.1 Å². The summed E-state index contributed by atoms with van der Waals surface area (Å²) in [6, 6.07) is 33.2. The molecule has 212 valence electrons. The van der Waals surface area contributed by atoms with E-state index >= 15 is 0 Å². The highest BCUT2D eigenvalue weighted by Crippen LogP contribution is 2.45. The maximum absolute atomic E-state index is 14.4. The van der Waals surface area contributed by atoms with Gasteiger partial charge in [-0.1, -0.05) is 78.9 Å². The van der Waals surface area contributed by atoms with E-state index in [1.807, 2.05) is 91.0 Å². The molecule has 1 spiro atoms. The molecule has 2 aliphatic rings. The summed E-state index contributed by atoms with van der Waals surface area (Å²) >= 11 is 0. The van der Waals surface area contributed by atoms with Gasteiger partial charge in [0.05, 0.1) is 13.2 Å². The molecule has 7 heteroatoms. The van der Waals surface area contributed by atoms with Gasteiger partial charge in [-0.25, -0.2) is 4.99 Å². The van der Waals surface area contributed by atoms with Crippen LogP contribution in [0.5, 0.6) is 5.75 Å². The van der Waals surface area contributed by atoms with Crippen LogP contribution in [-0.2, 0) is 27.3 Å². The molecule has 0 bridgehead atoms. The molecule has 4 aromatic rings. The van der Waals surface area contributed by atoms with E-state index in [1.54, 1.807) is 0 Å². The van der Waals surface area contributed by atoms with Crippen molar-refractivity contribution < 1.29 is 24.2 Å². The molecule has 1 N–H and O–H groups in total. The zero-order chi connectivity index (χ0) is 29.1. The number of ether oxygens (including phenoxy) is 2. The predicted octanol–water partition coefficient (Wildman–Crippen LogP) is 5.50. The van der Waals surface area contributed by atoms with Crippen molar-refractivity contribution in [3.63, 3.8) is 0 Å². The number of aliphatic hydroxyl groups excluding tert-OH is 1. The van der Waals surface area contributed by atoms with E-state index in [9.17, 15) is 9.59 Å². The monoisotopic (exact) mass is 560 g/mol. The molecule has 2 heterocycles. The molecule has 0 aliphatic carbocycles. The maximum atomic E-state index is 14.4. The summed E-state index contributed by atoms with van der Waals surface area (Å²) in [5.74, 6) is 0.297. The van der Waals surface area contributed by atoms with Gasteiger partial charge in [-0.2, -0.15) is 0 Å². The zero-order valence-electron chi connectivity index (χ0n) is 23.4. The first-order valence-corrected chi connectivity index (χ1v) is 14.1. The van der Waals surface area contributed by atoms with Gasteiger partial charge in [0.1, 0.15) is 5.75 Å². The predicted molar refractivity (Wildman–Crippen MR) is 160 cm³/mol. The zero-order valence-corrected chi connectivity index (χ0v) is 23.4. The van der Waals surface area contributed by atoms with Crippen molar-refractivity contribution in [2.45, 2.75) is 38.0 Å². The van der Waals surface area contributed by atoms with E-state index in [-0.39, 0.29) is 25.0 Å². The number of aliphatic imine (C=N–C) groups is 1. The molecule has 2 aliphatic heterocycles. The van der Waals surface area contributed by atoms with E-state index in [0.717, 1.165) is 27.8 Å². The lowest BCUT2D eigenvalue weighted by atomic mass is 9.81. The molecule has 0 saturated heterocycles. The SMILES string of the molecule is CC(=O)N1Cc2ccccc2C[C@]2(N=C(c3ccc(OCCCO)cc3)O[C@@H]2c2ccc(-c3ccccc3)cc2)C1=O.